The summed E-state index contributed by atoms with van der Waals surface area (Å²) in [5.41, 5.74) is 2.78. The first-order valence-corrected chi connectivity index (χ1v) is 34.8. The van der Waals surface area contributed by atoms with Crippen molar-refractivity contribution in [3.63, 3.8) is 0 Å². The highest BCUT2D eigenvalue weighted by molar-refractivity contribution is 6.85. The van der Waals surface area contributed by atoms with Crippen LogP contribution in [0.3, 0.4) is 0 Å². The van der Waals surface area contributed by atoms with Crippen molar-refractivity contribution < 1.29 is 51.3 Å². The maximum atomic E-state index is 12.7. The molecule has 0 unspecified atom stereocenters. The van der Waals surface area contributed by atoms with Crippen LogP contribution in [0.25, 0.3) is 0 Å². The zero-order valence-electron chi connectivity index (χ0n) is 39.5. The fourth-order valence-corrected chi connectivity index (χ4v) is 26.5. The Labute approximate surface area is 386 Å². The van der Waals surface area contributed by atoms with Gasteiger partial charge in [0.05, 0.1) is 29.4 Å². The van der Waals surface area contributed by atoms with Crippen LogP contribution in [0.4, 0.5) is 0 Å². The molecule has 19 heteroatoms. The number of methoxy groups -OCH3 is 1. The number of ether oxygens (including phenoxy) is 1. The van der Waals surface area contributed by atoms with E-state index < -0.39 is 33.3 Å². The first-order chi connectivity index (χ1) is 30.3. The second kappa shape index (κ2) is 20.7. The number of carbonyl (C=O) groups is 8. The van der Waals surface area contributed by atoms with Crippen molar-refractivity contribution >= 4 is 80.5 Å². The van der Waals surface area contributed by atoms with Crippen LogP contribution >= 0.6 is 0 Å². The Morgan fingerprint density at radius 1 is 0.415 bits per heavy atom. The minimum Gasteiger partial charge on any atom is -0.497 e. The number of aryl methyl sites for hydroxylation is 1. The lowest BCUT2D eigenvalue weighted by molar-refractivity contribution is -0.138. The molecule has 0 fully saturated rings. The topological polar surface area (TPSA) is 177 Å². The highest BCUT2D eigenvalue weighted by Gasteiger charge is 2.39. The van der Waals surface area contributed by atoms with Gasteiger partial charge in [-0.1, -0.05) is 11.6 Å². The highest BCUT2D eigenvalue weighted by atomic mass is 28.4. The summed E-state index contributed by atoms with van der Waals surface area (Å²) in [6.45, 7) is 20.8. The maximum Gasteiger partial charge on any atom is 0.261 e. The van der Waals surface area contributed by atoms with E-state index in [-0.39, 0.29) is 47.3 Å². The summed E-state index contributed by atoms with van der Waals surface area (Å²) in [5, 5.41) is 0. The maximum absolute atomic E-state index is 12.7. The number of hydrogen-bond donors (Lipinski definition) is 0. The van der Waals surface area contributed by atoms with E-state index in [1.165, 1.54) is 51.0 Å². The largest absolute Gasteiger partial charge is 0.497 e. The molecule has 0 N–H and O–H groups in total. The van der Waals surface area contributed by atoms with Gasteiger partial charge in [-0.15, -0.1) is 0 Å². The number of rotatable bonds is 21. The predicted octanol–water partition coefficient (Wildman–Crippen LogP) is 7.15. The number of nitrogens with zero attached hydrogens (tertiary/aromatic N) is 4. The van der Waals surface area contributed by atoms with Gasteiger partial charge in [0.25, 0.3) is 47.3 Å². The Kier molecular flexibility index (Phi) is 16.3. The molecule has 4 heterocycles. The average molecular weight is 961 g/mol. The normalized spacial score (nSPS) is 16.4. The van der Waals surface area contributed by atoms with Crippen LogP contribution in [-0.2, 0) is 27.4 Å². The van der Waals surface area contributed by atoms with Gasteiger partial charge in [-0.05, 0) is 139 Å². The summed E-state index contributed by atoms with van der Waals surface area (Å²) in [6, 6.07) is 13.7. The lowest BCUT2D eigenvalue weighted by atomic mass is 10.1. The zero-order valence-corrected chi connectivity index (χ0v) is 43.5. The number of imide groups is 4. The standard InChI is InChI=1S/C23H32N2O6Si2.C23H32N2O5Si2/c1-30-17-8-9-18-19(16-17)23(29)25(22(18)28)13-7-15-33(4,5)31-32(2,3)14-6-12-24-20(26)10-11-21(24)27;1-17-8-9-18-19(16-17)23(29)25(22(18)28)13-7-15-32(4,5)30-31(2,3)14-6-12-24-20(26)10-11-21(24)27/h8-11,16H,6-7,12-15H2,1-5H3;8-11,16H,6-7,12-15H2,1-5H3. The Bertz CT molecular complexity index is 2270. The summed E-state index contributed by atoms with van der Waals surface area (Å²) in [7, 11) is -6.47. The lowest BCUT2D eigenvalue weighted by Gasteiger charge is -2.34. The highest BCUT2D eigenvalue weighted by Crippen LogP contribution is 2.30. The van der Waals surface area contributed by atoms with Gasteiger partial charge in [-0.2, -0.15) is 0 Å². The molecule has 0 atom stereocenters. The van der Waals surface area contributed by atoms with E-state index in [4.69, 9.17) is 13.0 Å². The molecule has 4 aliphatic rings. The van der Waals surface area contributed by atoms with Crippen LogP contribution in [0, 0.1) is 6.92 Å². The first kappa shape index (κ1) is 51.1. The molecule has 0 spiro atoms. The van der Waals surface area contributed by atoms with Crippen molar-refractivity contribution in [3.05, 3.63) is 88.5 Å². The van der Waals surface area contributed by atoms with Gasteiger partial charge in [-0.25, -0.2) is 0 Å². The van der Waals surface area contributed by atoms with Crippen LogP contribution in [0.15, 0.2) is 60.7 Å². The van der Waals surface area contributed by atoms with Crippen LogP contribution in [0.5, 0.6) is 5.75 Å². The zero-order chi connectivity index (χ0) is 48.1. The minimum atomic E-state index is -2.03. The van der Waals surface area contributed by atoms with E-state index >= 15 is 0 Å². The molecular formula is C46H64N4O11Si4. The molecule has 0 saturated heterocycles. The van der Waals surface area contributed by atoms with Crippen molar-refractivity contribution in [1.29, 1.82) is 0 Å². The number of benzene rings is 2. The molecule has 0 radical (unpaired) electrons. The van der Waals surface area contributed by atoms with E-state index in [2.05, 4.69) is 52.4 Å². The quantitative estimate of drug-likeness (QED) is 0.0918. The first-order valence-electron chi connectivity index (χ1n) is 22.3. The third-order valence-corrected chi connectivity index (χ3v) is 26.9. The van der Waals surface area contributed by atoms with Crippen molar-refractivity contribution in [2.24, 2.45) is 0 Å². The van der Waals surface area contributed by atoms with Crippen molar-refractivity contribution in [3.8, 4) is 5.75 Å². The number of hydrogen-bond acceptors (Lipinski definition) is 11. The van der Waals surface area contributed by atoms with Crippen molar-refractivity contribution in [2.75, 3.05) is 33.3 Å². The average Bonchev–Trinajstić information content (AvgIpc) is 3.87. The van der Waals surface area contributed by atoms with E-state index in [1.807, 2.05) is 13.0 Å². The van der Waals surface area contributed by atoms with Crippen LogP contribution in [0.1, 0.15) is 72.7 Å². The third-order valence-electron chi connectivity index (χ3n) is 11.9. The number of fused-ring (bicyclic) bond motifs is 2. The summed E-state index contributed by atoms with van der Waals surface area (Å²) < 4.78 is 18.4. The summed E-state index contributed by atoms with van der Waals surface area (Å²) >= 11 is 0. The summed E-state index contributed by atoms with van der Waals surface area (Å²) in [4.78, 5) is 103. The smallest absolute Gasteiger partial charge is 0.261 e. The van der Waals surface area contributed by atoms with Gasteiger partial charge in [0.1, 0.15) is 5.75 Å². The van der Waals surface area contributed by atoms with Gasteiger partial charge in [0, 0.05) is 50.5 Å². The predicted molar refractivity (Wildman–Crippen MR) is 256 cm³/mol. The van der Waals surface area contributed by atoms with Crippen LogP contribution < -0.4 is 4.74 Å². The Hall–Kier alpha value is -4.93. The molecule has 4 aliphatic heterocycles. The van der Waals surface area contributed by atoms with Crippen molar-refractivity contribution in [1.82, 2.24) is 19.6 Å². The molecule has 65 heavy (non-hydrogen) atoms. The molecule has 0 aromatic heterocycles. The van der Waals surface area contributed by atoms with E-state index in [0.717, 1.165) is 49.0 Å². The van der Waals surface area contributed by atoms with E-state index in [9.17, 15) is 38.4 Å². The Morgan fingerprint density at radius 3 is 1.08 bits per heavy atom. The molecule has 0 saturated carbocycles. The molecule has 0 aliphatic carbocycles. The van der Waals surface area contributed by atoms with Gasteiger partial charge in [0.15, 0.2) is 33.3 Å². The molecular weight excluding hydrogens is 897 g/mol. The minimum absolute atomic E-state index is 0.204. The second-order valence-corrected chi connectivity index (χ2v) is 37.2. The van der Waals surface area contributed by atoms with Crippen LogP contribution in [0.2, 0.25) is 76.6 Å². The van der Waals surface area contributed by atoms with Crippen LogP contribution in [-0.4, -0.2) is 133 Å². The Balaban J connectivity index is 0.000000244. The lowest BCUT2D eigenvalue weighted by Crippen LogP contribution is -2.45. The van der Waals surface area contributed by atoms with Crippen molar-refractivity contribution in [2.45, 2.75) is 109 Å². The molecule has 15 nitrogen and oxygen atoms in total. The molecule has 6 rings (SSSR count). The molecule has 0 bridgehead atoms. The fourth-order valence-electron chi connectivity index (χ4n) is 8.86. The summed E-state index contributed by atoms with van der Waals surface area (Å²) in [5.74, 6) is -1.37. The van der Waals surface area contributed by atoms with Gasteiger partial charge >= 0.3 is 0 Å². The van der Waals surface area contributed by atoms with Gasteiger partial charge in [-0.3, -0.25) is 58.0 Å². The third kappa shape index (κ3) is 13.1. The van der Waals surface area contributed by atoms with E-state index in [1.54, 1.807) is 30.3 Å². The molecule has 8 amide bonds. The Morgan fingerprint density at radius 2 is 0.723 bits per heavy atom. The van der Waals surface area contributed by atoms with Gasteiger partial charge < -0.3 is 13.0 Å². The second-order valence-electron chi connectivity index (χ2n) is 19.5. The number of amides is 8. The van der Waals surface area contributed by atoms with E-state index in [0.29, 0.717) is 60.6 Å². The molecule has 350 valence electrons. The number of carbonyl (C=O) groups excluding carboxylic acids is 8. The monoisotopic (exact) mass is 960 g/mol. The van der Waals surface area contributed by atoms with Gasteiger partial charge in [0.2, 0.25) is 0 Å². The molecule has 2 aromatic rings. The molecule has 2 aromatic carbocycles. The fraction of sp³-hybridized carbons (Fsp3) is 0.478. The summed E-state index contributed by atoms with van der Waals surface area (Å²) in [6.07, 6.45) is 8.11. The SMILES string of the molecule is COc1ccc2c(c1)C(=O)N(CCC[Si](C)(C)O[Si](C)(C)CCCN1C(=O)C=CC1=O)C2=O.Cc1ccc2c(c1)C(=O)N(CCC[Si](C)(C)O[Si](C)(C)CCCN1C(=O)C=CC1=O)C2=O.